The summed E-state index contributed by atoms with van der Waals surface area (Å²) < 4.78 is 34.8. The highest BCUT2D eigenvalue weighted by Gasteiger charge is 2.45. The van der Waals surface area contributed by atoms with E-state index in [0.717, 1.165) is 31.4 Å². The maximum absolute atomic E-state index is 13.2. The minimum Gasteiger partial charge on any atom is -0.469 e. The van der Waals surface area contributed by atoms with Crippen LogP contribution >= 0.6 is 0 Å². The molecule has 0 spiro atoms. The van der Waals surface area contributed by atoms with Gasteiger partial charge in [0, 0.05) is 19.7 Å². The molecular formula is C25H38N4O5S. The Balaban J connectivity index is 0.00000456. The zero-order valence-corrected chi connectivity index (χ0v) is 21.9. The van der Waals surface area contributed by atoms with Crippen LogP contribution in [0.5, 0.6) is 5.88 Å². The minimum atomic E-state index is -3.97. The Morgan fingerprint density at radius 2 is 1.91 bits per heavy atom. The average molecular weight is 507 g/mol. The van der Waals surface area contributed by atoms with Crippen molar-refractivity contribution >= 4 is 15.9 Å². The number of nitrogens with zero attached hydrogens (tertiary/aromatic N) is 2. The van der Waals surface area contributed by atoms with Gasteiger partial charge in [0.15, 0.2) is 0 Å². The summed E-state index contributed by atoms with van der Waals surface area (Å²) in [5.74, 6) is -0.141. The Morgan fingerprint density at radius 1 is 1.23 bits per heavy atom. The van der Waals surface area contributed by atoms with Crippen LogP contribution in [0.2, 0.25) is 0 Å². The molecule has 1 amide bonds. The monoisotopic (exact) mass is 506 g/mol. The van der Waals surface area contributed by atoms with Crippen LogP contribution in [0.1, 0.15) is 62.6 Å². The van der Waals surface area contributed by atoms with Gasteiger partial charge in [-0.2, -0.15) is 0 Å². The van der Waals surface area contributed by atoms with Gasteiger partial charge in [-0.3, -0.25) is 4.79 Å². The predicted octanol–water partition coefficient (Wildman–Crippen LogP) is 2.51. The number of aliphatic hydroxyl groups excluding tert-OH is 1. The number of hydrogen-bond donors (Lipinski definition) is 3. The Bertz CT molecular complexity index is 1140. The van der Waals surface area contributed by atoms with Gasteiger partial charge in [0.05, 0.1) is 16.5 Å². The first-order valence-corrected chi connectivity index (χ1v) is 13.3. The molecule has 0 bridgehead atoms. The van der Waals surface area contributed by atoms with Crippen LogP contribution in [-0.2, 0) is 16.4 Å². The largest absolute Gasteiger partial charge is 0.469 e. The SMILES string of the molecule is CCc1ccc(S(=O)(=O)N[C@@H]2c3cc(C(=O)NCCCCN(C)C)cnc3OC(C)(C)[C@H]2O)cc1.[HH]. The van der Waals surface area contributed by atoms with Crippen molar-refractivity contribution in [2.75, 3.05) is 27.2 Å². The second-order valence-electron chi connectivity index (χ2n) is 9.63. The van der Waals surface area contributed by atoms with Crippen molar-refractivity contribution in [1.82, 2.24) is 19.9 Å². The van der Waals surface area contributed by atoms with Gasteiger partial charge in [0.25, 0.3) is 5.91 Å². The highest BCUT2D eigenvalue weighted by molar-refractivity contribution is 7.89. The second kappa shape index (κ2) is 11.0. The van der Waals surface area contributed by atoms with Crippen LogP contribution < -0.4 is 14.8 Å². The summed E-state index contributed by atoms with van der Waals surface area (Å²) in [6.07, 6.45) is 2.76. The second-order valence-corrected chi connectivity index (χ2v) is 11.3. The molecule has 3 rings (SSSR count). The van der Waals surface area contributed by atoms with Crippen LogP contribution in [0.4, 0.5) is 0 Å². The van der Waals surface area contributed by atoms with Gasteiger partial charge in [-0.1, -0.05) is 19.1 Å². The maximum Gasteiger partial charge on any atom is 0.252 e. The molecule has 0 unspecified atom stereocenters. The van der Waals surface area contributed by atoms with Crippen LogP contribution in [-0.4, -0.2) is 68.2 Å². The number of aryl methyl sites for hydroxylation is 1. The molecule has 0 fully saturated rings. The molecule has 10 heteroatoms. The smallest absolute Gasteiger partial charge is 0.252 e. The number of sulfonamides is 1. The number of rotatable bonds is 10. The number of pyridine rings is 1. The molecule has 0 saturated heterocycles. The fraction of sp³-hybridized carbons (Fsp3) is 0.520. The van der Waals surface area contributed by atoms with Gasteiger partial charge in [0.2, 0.25) is 15.9 Å². The summed E-state index contributed by atoms with van der Waals surface area (Å²) in [7, 11) is 0.0308. The van der Waals surface area contributed by atoms with Gasteiger partial charge < -0.3 is 20.1 Å². The molecule has 1 aromatic carbocycles. The standard InChI is InChI=1S/C25H36N4O5S.H2/c1-6-17-9-11-19(12-10-17)35(32,33)28-21-20-15-18(23(31)26-13-7-8-14-29(4)5)16-27-24(20)34-25(2,3)22(21)30;/h9-12,15-16,21-22,28,30H,6-8,13-14H2,1-5H3,(H,26,31);1H/t21-,22+;/m1./s1. The summed E-state index contributed by atoms with van der Waals surface area (Å²) in [6, 6.07) is 7.08. The lowest BCUT2D eigenvalue weighted by Crippen LogP contribution is -2.53. The highest BCUT2D eigenvalue weighted by atomic mass is 32.2. The van der Waals surface area contributed by atoms with Crippen LogP contribution in [0.25, 0.3) is 0 Å². The number of carbonyl (C=O) groups excluding carboxylic acids is 1. The normalized spacial score (nSPS) is 19.2. The molecule has 0 radical (unpaired) electrons. The third-order valence-electron chi connectivity index (χ3n) is 6.11. The van der Waals surface area contributed by atoms with Crippen molar-refractivity contribution in [3.05, 3.63) is 53.2 Å². The lowest BCUT2D eigenvalue weighted by atomic mass is 9.88. The first-order valence-electron chi connectivity index (χ1n) is 11.9. The molecule has 2 heterocycles. The zero-order valence-electron chi connectivity index (χ0n) is 21.0. The molecule has 1 aliphatic rings. The van der Waals surface area contributed by atoms with E-state index < -0.39 is 27.8 Å². The molecule has 35 heavy (non-hydrogen) atoms. The summed E-state index contributed by atoms with van der Waals surface area (Å²) in [5, 5.41) is 13.9. The molecule has 2 atom stereocenters. The third-order valence-corrected chi connectivity index (χ3v) is 7.56. The molecule has 2 aromatic rings. The summed E-state index contributed by atoms with van der Waals surface area (Å²) in [5.41, 5.74) is 0.493. The number of benzene rings is 1. The fourth-order valence-corrected chi connectivity index (χ4v) is 5.13. The number of carbonyl (C=O) groups is 1. The first-order chi connectivity index (χ1) is 16.4. The van der Waals surface area contributed by atoms with Crippen LogP contribution in [0, 0.1) is 0 Å². The van der Waals surface area contributed by atoms with E-state index in [9.17, 15) is 18.3 Å². The van der Waals surface area contributed by atoms with Crippen molar-refractivity contribution < 1.29 is 24.5 Å². The molecule has 1 aromatic heterocycles. The van der Waals surface area contributed by atoms with E-state index in [2.05, 4.69) is 19.9 Å². The van der Waals surface area contributed by atoms with E-state index in [0.29, 0.717) is 12.1 Å². The summed E-state index contributed by atoms with van der Waals surface area (Å²) in [4.78, 5) is 19.2. The van der Waals surface area contributed by atoms with Crippen LogP contribution in [0.15, 0.2) is 41.4 Å². The van der Waals surface area contributed by atoms with Gasteiger partial charge in [-0.15, -0.1) is 0 Å². The number of unbranched alkanes of at least 4 members (excludes halogenated alkanes) is 1. The number of ether oxygens (including phenoxy) is 1. The Hall–Kier alpha value is -2.53. The Labute approximate surface area is 209 Å². The Kier molecular flexibility index (Phi) is 8.53. The van der Waals surface area contributed by atoms with Gasteiger partial charge >= 0.3 is 0 Å². The number of amides is 1. The van der Waals surface area contributed by atoms with E-state index in [1.165, 1.54) is 24.4 Å². The lowest BCUT2D eigenvalue weighted by Gasteiger charge is -2.41. The molecule has 0 saturated carbocycles. The van der Waals surface area contributed by atoms with E-state index >= 15 is 0 Å². The predicted molar refractivity (Wildman–Crippen MR) is 136 cm³/mol. The third kappa shape index (κ3) is 6.58. The minimum absolute atomic E-state index is 0. The van der Waals surface area contributed by atoms with Gasteiger partial charge in [-0.25, -0.2) is 18.1 Å². The quantitative estimate of drug-likeness (QED) is 0.424. The van der Waals surface area contributed by atoms with Crippen molar-refractivity contribution in [1.29, 1.82) is 0 Å². The zero-order chi connectivity index (χ0) is 25.8. The van der Waals surface area contributed by atoms with Gasteiger partial charge in [-0.05, 0) is 77.5 Å². The number of nitrogens with one attached hydrogen (secondary N) is 2. The van der Waals surface area contributed by atoms with Crippen molar-refractivity contribution in [2.45, 2.75) is 62.7 Å². The number of fused-ring (bicyclic) bond motifs is 1. The molecule has 194 valence electrons. The van der Waals surface area contributed by atoms with E-state index in [1.807, 2.05) is 21.0 Å². The molecule has 1 aliphatic heterocycles. The van der Waals surface area contributed by atoms with E-state index in [1.54, 1.807) is 26.0 Å². The van der Waals surface area contributed by atoms with Crippen molar-refractivity contribution in [3.63, 3.8) is 0 Å². The fourth-order valence-electron chi connectivity index (χ4n) is 3.91. The molecule has 9 nitrogen and oxygen atoms in total. The summed E-state index contributed by atoms with van der Waals surface area (Å²) in [6.45, 7) is 6.76. The first kappa shape index (κ1) is 27.1. The lowest BCUT2D eigenvalue weighted by molar-refractivity contribution is -0.0632. The molecule has 0 aliphatic carbocycles. The van der Waals surface area contributed by atoms with E-state index in [-0.39, 0.29) is 23.7 Å². The van der Waals surface area contributed by atoms with Gasteiger partial charge in [0.1, 0.15) is 11.7 Å². The van der Waals surface area contributed by atoms with Crippen molar-refractivity contribution in [2.24, 2.45) is 0 Å². The number of aromatic nitrogens is 1. The maximum atomic E-state index is 13.2. The number of hydrogen-bond acceptors (Lipinski definition) is 7. The van der Waals surface area contributed by atoms with E-state index in [4.69, 9.17) is 4.74 Å². The average Bonchev–Trinajstić information content (AvgIpc) is 2.81. The number of aliphatic hydroxyl groups is 1. The highest BCUT2D eigenvalue weighted by Crippen LogP contribution is 2.39. The molecule has 3 N–H and O–H groups in total. The Morgan fingerprint density at radius 3 is 2.54 bits per heavy atom. The topological polar surface area (TPSA) is 121 Å². The van der Waals surface area contributed by atoms with Crippen LogP contribution in [0.3, 0.4) is 0 Å². The molecular weight excluding hydrogens is 468 g/mol. The van der Waals surface area contributed by atoms with Crippen molar-refractivity contribution in [3.8, 4) is 5.88 Å². The summed E-state index contributed by atoms with van der Waals surface area (Å²) >= 11 is 0.